The first-order valence-corrected chi connectivity index (χ1v) is 35.5. The van der Waals surface area contributed by atoms with Gasteiger partial charge >= 0.3 is 5.97 Å². The van der Waals surface area contributed by atoms with Crippen molar-refractivity contribution < 1.29 is 28.7 Å². The number of rotatable bonds is 30. The fourth-order valence-corrected chi connectivity index (χ4v) is 12.3. The lowest BCUT2D eigenvalue weighted by molar-refractivity contribution is -0.125. The zero-order chi connectivity index (χ0) is 68.8. The van der Waals surface area contributed by atoms with E-state index in [9.17, 15) is 24.0 Å². The molecule has 0 spiro atoms. The highest BCUT2D eigenvalue weighted by Gasteiger charge is 2.29. The Bertz CT molecular complexity index is 2940. The summed E-state index contributed by atoms with van der Waals surface area (Å²) in [5.74, 6) is 1.13. The second-order valence-electron chi connectivity index (χ2n) is 25.9. The largest absolute Gasteiger partial charge is 0.461 e. The van der Waals surface area contributed by atoms with Crippen molar-refractivity contribution in [1.82, 2.24) is 24.9 Å². The molecule has 2 aliphatic rings. The zero-order valence-corrected chi connectivity index (χ0v) is 61.1. The molecule has 5 aromatic carbocycles. The molecular weight excluding hydrogens is 1150 g/mol. The molecule has 5 aromatic rings. The molecule has 12 nitrogen and oxygen atoms in total. The molecule has 2 heterocycles. The van der Waals surface area contributed by atoms with Gasteiger partial charge in [0.1, 0.15) is 6.61 Å². The monoisotopic (exact) mass is 1280 g/mol. The summed E-state index contributed by atoms with van der Waals surface area (Å²) in [6.45, 7) is 44.3. The molecule has 93 heavy (non-hydrogen) atoms. The highest BCUT2D eigenvalue weighted by molar-refractivity contribution is 5.90. The summed E-state index contributed by atoms with van der Waals surface area (Å²) in [6.07, 6.45) is 13.7. The first-order chi connectivity index (χ1) is 44.5. The minimum absolute atomic E-state index is 0.0421. The number of ketones is 4. The summed E-state index contributed by atoms with van der Waals surface area (Å²) in [7, 11) is 2.08. The second kappa shape index (κ2) is 45.3. The number of nitrogens with zero attached hydrogens (tertiary/aromatic N) is 4. The Kier molecular flexibility index (Phi) is 39.5. The van der Waals surface area contributed by atoms with Crippen LogP contribution in [0.15, 0.2) is 97.1 Å². The smallest absolute Gasteiger partial charge is 0.338 e. The molecule has 2 aliphatic heterocycles. The van der Waals surface area contributed by atoms with E-state index in [-0.39, 0.29) is 29.9 Å². The van der Waals surface area contributed by atoms with Gasteiger partial charge in [0, 0.05) is 44.5 Å². The van der Waals surface area contributed by atoms with E-state index in [0.29, 0.717) is 61.7 Å². The van der Waals surface area contributed by atoms with E-state index in [4.69, 9.17) is 4.74 Å². The highest BCUT2D eigenvalue weighted by atomic mass is 16.5. The molecule has 0 saturated carbocycles. The van der Waals surface area contributed by atoms with Gasteiger partial charge in [-0.3, -0.25) is 33.9 Å². The van der Waals surface area contributed by atoms with Gasteiger partial charge in [0.05, 0.1) is 30.2 Å². The topological polar surface area (TPSA) is 132 Å². The number of likely N-dealkylation sites (tertiary alicyclic amines) is 2. The molecule has 514 valence electrons. The van der Waals surface area contributed by atoms with Crippen LogP contribution in [0.4, 0.5) is 5.69 Å². The number of anilines is 1. The number of hydrogen-bond acceptors (Lipinski definition) is 12. The first-order valence-electron chi connectivity index (χ1n) is 35.5. The first kappa shape index (κ1) is 81.1. The number of piperidine rings is 2. The van der Waals surface area contributed by atoms with Gasteiger partial charge in [-0.25, -0.2) is 4.79 Å². The number of carbonyl (C=O) groups excluding carboxylic acids is 5. The lowest BCUT2D eigenvalue weighted by Gasteiger charge is -2.34. The predicted octanol–water partition coefficient (Wildman–Crippen LogP) is 15.5. The van der Waals surface area contributed by atoms with Gasteiger partial charge in [0.2, 0.25) is 0 Å². The SMILES string of the molecule is CCCCNc1ccc(C(=O)OCCN(CC)CC)cc1.CCCN1CCCC[C@H]1C(=O)Cc1c(C)cccc1C.CCCNC(C)C(=O)Cc1ccccc1C.CCN(CC)CC(=O)Cc1c(C)cc(C)cc1C.Cc1cccc(C)c1CC(=O)C1CCCCN1C. The molecule has 0 aromatic heterocycles. The normalized spacial score (nSPS) is 15.0. The standard InChI is InChI=1S/C18H27NO.C17H28N2O2.C16H23NO.C16H25NO.C14H21NO/c1-4-11-19-12-6-5-10-17(19)18(20)13-16-14(2)8-7-9-15(16)3;1-4-7-12-18-16-10-8-15(9-11-16)17(20)21-14-13-19(5-2)6-3;1-12-7-6-8-13(2)14(12)11-16(18)15-9-4-5-10-17(15)3;1-6-17(7-2)11-15(18)10-16-13(4)8-12(3)9-14(16)5;1-4-9-15-12(3)14(16)10-13-8-6-5-7-11(13)2/h7-9,17H,4-6,10-13H2,1-3H3;8-11,18H,4-7,12-14H2,1-3H3;6-8,15H,4-5,9-11H2,1-3H3;8-9H,6-7,10-11H2,1-5H3;5-8,12,15H,4,9-10H2,1-3H3/t17-;;;;/m0..../s1. The fraction of sp³-hybridized carbons (Fsp3) is 0.568. The summed E-state index contributed by atoms with van der Waals surface area (Å²) >= 11 is 0. The Hall–Kier alpha value is -6.15. The lowest BCUT2D eigenvalue weighted by Crippen LogP contribution is -2.45. The van der Waals surface area contributed by atoms with Crippen LogP contribution in [0.5, 0.6) is 0 Å². The Morgan fingerprint density at radius 2 is 1.06 bits per heavy atom. The quantitative estimate of drug-likeness (QED) is 0.0335. The average molecular weight is 1280 g/mol. The molecule has 12 heteroatoms. The Labute approximate surface area is 564 Å². The second-order valence-corrected chi connectivity index (χ2v) is 25.9. The zero-order valence-electron chi connectivity index (χ0n) is 61.1. The molecule has 2 fully saturated rings. The fourth-order valence-electron chi connectivity index (χ4n) is 12.3. The van der Waals surface area contributed by atoms with E-state index in [2.05, 4.69) is 183 Å². The third kappa shape index (κ3) is 29.6. The number of benzene rings is 5. The van der Waals surface area contributed by atoms with Crippen molar-refractivity contribution in [2.24, 2.45) is 0 Å². The maximum Gasteiger partial charge on any atom is 0.338 e. The molecular formula is C81H124N6O6. The van der Waals surface area contributed by atoms with E-state index < -0.39 is 0 Å². The predicted molar refractivity (Wildman–Crippen MR) is 392 cm³/mol. The molecule has 2 unspecified atom stereocenters. The van der Waals surface area contributed by atoms with E-state index >= 15 is 0 Å². The maximum atomic E-state index is 12.7. The molecule has 0 aliphatic carbocycles. The van der Waals surface area contributed by atoms with Crippen LogP contribution in [0, 0.1) is 55.4 Å². The average Bonchev–Trinajstić information content (AvgIpc) is 1.29. The number of hydrogen-bond donors (Lipinski definition) is 2. The number of ether oxygens (including phenoxy) is 1. The number of esters is 1. The van der Waals surface area contributed by atoms with Crippen LogP contribution in [0.3, 0.4) is 0 Å². The van der Waals surface area contributed by atoms with Gasteiger partial charge < -0.3 is 20.3 Å². The number of unbranched alkanes of at least 4 members (excludes halogenated alkanes) is 1. The van der Waals surface area contributed by atoms with E-state index in [1.165, 1.54) is 93.3 Å². The molecule has 3 atom stereocenters. The van der Waals surface area contributed by atoms with E-state index in [0.717, 1.165) is 109 Å². The van der Waals surface area contributed by atoms with Crippen LogP contribution in [0.1, 0.15) is 197 Å². The highest BCUT2D eigenvalue weighted by Crippen LogP contribution is 2.24. The van der Waals surface area contributed by atoms with Crippen LogP contribution in [0.2, 0.25) is 0 Å². The Balaban J connectivity index is 0.000000304. The number of likely N-dealkylation sites (N-methyl/N-ethyl adjacent to an activating group) is 3. The molecule has 7 rings (SSSR count). The third-order valence-electron chi connectivity index (χ3n) is 18.5. The van der Waals surface area contributed by atoms with Crippen molar-refractivity contribution in [2.45, 2.75) is 219 Å². The summed E-state index contributed by atoms with van der Waals surface area (Å²) in [4.78, 5) is 70.1. The van der Waals surface area contributed by atoms with Gasteiger partial charge in [0.25, 0.3) is 0 Å². The minimum Gasteiger partial charge on any atom is -0.461 e. The van der Waals surface area contributed by atoms with Crippen molar-refractivity contribution in [2.75, 3.05) is 91.0 Å². The van der Waals surface area contributed by atoms with Crippen LogP contribution >= 0.6 is 0 Å². The number of nitrogens with one attached hydrogen (secondary N) is 2. The Morgan fingerprint density at radius 1 is 0.548 bits per heavy atom. The molecule has 2 N–H and O–H groups in total. The van der Waals surface area contributed by atoms with Crippen molar-refractivity contribution in [3.05, 3.63) is 169 Å². The number of carbonyl (C=O) groups is 5. The van der Waals surface area contributed by atoms with Crippen LogP contribution in [0.25, 0.3) is 0 Å². The van der Waals surface area contributed by atoms with Crippen LogP contribution in [-0.2, 0) is 49.6 Å². The van der Waals surface area contributed by atoms with Crippen molar-refractivity contribution in [1.29, 1.82) is 0 Å². The molecule has 0 radical (unpaired) electrons. The van der Waals surface area contributed by atoms with Crippen molar-refractivity contribution in [3.63, 3.8) is 0 Å². The number of Topliss-reactive ketones (excluding diaryl/α,β-unsaturated/α-hetero) is 4. The maximum absolute atomic E-state index is 12.7. The van der Waals surface area contributed by atoms with Crippen LogP contribution in [-0.4, -0.2) is 152 Å². The van der Waals surface area contributed by atoms with Gasteiger partial charge in [-0.15, -0.1) is 0 Å². The van der Waals surface area contributed by atoms with Gasteiger partial charge in [0.15, 0.2) is 23.1 Å². The Morgan fingerprint density at radius 3 is 1.58 bits per heavy atom. The van der Waals surface area contributed by atoms with Crippen molar-refractivity contribution in [3.8, 4) is 0 Å². The summed E-state index contributed by atoms with van der Waals surface area (Å²) in [5.41, 5.74) is 16.4. The van der Waals surface area contributed by atoms with Gasteiger partial charge in [-0.2, -0.15) is 0 Å². The summed E-state index contributed by atoms with van der Waals surface area (Å²) in [6, 6.07) is 32.7. The molecule has 0 amide bonds. The minimum atomic E-state index is -0.248. The summed E-state index contributed by atoms with van der Waals surface area (Å²) < 4.78 is 5.30. The number of aryl methyl sites for hydroxylation is 8. The summed E-state index contributed by atoms with van der Waals surface area (Å²) in [5, 5.41) is 6.55. The van der Waals surface area contributed by atoms with Gasteiger partial charge in [-0.1, -0.05) is 146 Å². The van der Waals surface area contributed by atoms with Crippen LogP contribution < -0.4 is 10.6 Å². The molecule has 0 bridgehead atoms. The van der Waals surface area contributed by atoms with Gasteiger partial charge in [-0.05, 0) is 252 Å². The third-order valence-corrected chi connectivity index (χ3v) is 18.5. The van der Waals surface area contributed by atoms with E-state index in [1.807, 2.05) is 62.4 Å². The van der Waals surface area contributed by atoms with Crippen molar-refractivity contribution >= 4 is 34.8 Å². The van der Waals surface area contributed by atoms with E-state index in [1.54, 1.807) is 0 Å². The lowest BCUT2D eigenvalue weighted by atomic mass is 9.91. The molecule has 2 saturated heterocycles.